The van der Waals surface area contributed by atoms with Crippen molar-refractivity contribution in [3.8, 4) is 0 Å². The van der Waals surface area contributed by atoms with Gasteiger partial charge in [0.2, 0.25) is 0 Å². The highest BCUT2D eigenvalue weighted by Crippen LogP contribution is 2.36. The topological polar surface area (TPSA) is 174 Å². The molecule has 0 radical (unpaired) electrons. The summed E-state index contributed by atoms with van der Waals surface area (Å²) in [7, 11) is 0. The molecule has 4 aliphatic rings. The fourth-order valence-electron chi connectivity index (χ4n) is 6.01. The van der Waals surface area contributed by atoms with Crippen molar-refractivity contribution >= 4 is 5.78 Å². The molecule has 5 N–H and O–H groups in total. The van der Waals surface area contributed by atoms with Gasteiger partial charge in [0.1, 0.15) is 48.8 Å². The molecule has 0 aromatic heterocycles. The second kappa shape index (κ2) is 13.9. The molecule has 0 spiro atoms. The number of hydrogen-bond donors (Lipinski definition) is 5. The molecule has 0 aromatic carbocycles. The van der Waals surface area contributed by atoms with Crippen LogP contribution in [0.4, 0.5) is 0 Å². The van der Waals surface area contributed by atoms with Crippen LogP contribution in [-0.2, 0) is 33.2 Å². The van der Waals surface area contributed by atoms with E-state index in [1.165, 1.54) is 0 Å². The molecule has 1 aliphatic carbocycles. The van der Waals surface area contributed by atoms with Gasteiger partial charge in [0.25, 0.3) is 0 Å². The Morgan fingerprint density at radius 3 is 2.31 bits per heavy atom. The average Bonchev–Trinajstić information content (AvgIpc) is 3.04. The van der Waals surface area contributed by atoms with E-state index in [1.807, 2.05) is 6.92 Å². The van der Waals surface area contributed by atoms with Crippen LogP contribution in [0.15, 0.2) is 0 Å². The molecule has 226 valence electrons. The standard InChI is InChI=1S/C27H46O12/c1-4-15(29)16-9-5-6-11-34-25-24(36-16)20(31)18(12-28)38-27(25)37-17-10-7-8-13(2)23(17)39-26-22(33)21(32)19(30)14(3)35-26/h13-14,16-28,30-33H,4-12H2,1-3H3. The number of hydrogen-bond acceptors (Lipinski definition) is 12. The number of Topliss-reactive ketones (excluding diaryl/α,β-unsaturated/α-hetero) is 1. The molecular formula is C27H46O12. The Morgan fingerprint density at radius 1 is 0.821 bits per heavy atom. The van der Waals surface area contributed by atoms with Gasteiger partial charge in [-0.2, -0.15) is 0 Å². The minimum atomic E-state index is -1.45. The quantitative estimate of drug-likeness (QED) is 0.277. The van der Waals surface area contributed by atoms with E-state index in [1.54, 1.807) is 13.8 Å². The molecule has 3 saturated heterocycles. The van der Waals surface area contributed by atoms with E-state index in [0.29, 0.717) is 32.3 Å². The van der Waals surface area contributed by atoms with E-state index in [2.05, 4.69) is 0 Å². The Bertz CT molecular complexity index is 784. The largest absolute Gasteiger partial charge is 0.394 e. The van der Waals surface area contributed by atoms with Crippen molar-refractivity contribution in [2.45, 2.75) is 145 Å². The third-order valence-electron chi connectivity index (χ3n) is 8.48. The van der Waals surface area contributed by atoms with Crippen LogP contribution in [0.25, 0.3) is 0 Å². The van der Waals surface area contributed by atoms with Crippen LogP contribution in [0.3, 0.4) is 0 Å². The summed E-state index contributed by atoms with van der Waals surface area (Å²) in [5.74, 6) is -0.0591. The minimum absolute atomic E-state index is 0.00160. The summed E-state index contributed by atoms with van der Waals surface area (Å²) >= 11 is 0. The van der Waals surface area contributed by atoms with Crippen molar-refractivity contribution in [2.75, 3.05) is 13.2 Å². The third-order valence-corrected chi connectivity index (χ3v) is 8.48. The number of ether oxygens (including phenoxy) is 6. The summed E-state index contributed by atoms with van der Waals surface area (Å²) in [6.07, 6.45) is -8.40. The fraction of sp³-hybridized carbons (Fsp3) is 0.963. The molecule has 14 unspecified atom stereocenters. The zero-order valence-corrected chi connectivity index (χ0v) is 23.0. The van der Waals surface area contributed by atoms with Gasteiger partial charge >= 0.3 is 0 Å². The average molecular weight is 563 g/mol. The number of aliphatic hydroxyl groups is 5. The number of aliphatic hydroxyl groups excluding tert-OH is 5. The van der Waals surface area contributed by atoms with Gasteiger partial charge in [-0.15, -0.1) is 0 Å². The SMILES string of the molecule is CCC(=O)C1CCCCOC2C(OC3CCCC(C)C3OC3OC(C)C(O)C(O)C3O)OC(CO)C(O)C2O1. The maximum absolute atomic E-state index is 12.6. The second-order valence-corrected chi connectivity index (χ2v) is 11.3. The van der Waals surface area contributed by atoms with Crippen molar-refractivity contribution in [2.24, 2.45) is 5.92 Å². The molecule has 12 heteroatoms. The van der Waals surface area contributed by atoms with E-state index in [-0.39, 0.29) is 11.7 Å². The minimum Gasteiger partial charge on any atom is -0.394 e. The predicted octanol–water partition coefficient (Wildman–Crippen LogP) is -0.216. The van der Waals surface area contributed by atoms with Crippen LogP contribution in [0.5, 0.6) is 0 Å². The lowest BCUT2D eigenvalue weighted by atomic mass is 9.85. The predicted molar refractivity (Wildman–Crippen MR) is 134 cm³/mol. The van der Waals surface area contributed by atoms with Gasteiger partial charge in [0, 0.05) is 13.0 Å². The van der Waals surface area contributed by atoms with Gasteiger partial charge in [-0.25, -0.2) is 0 Å². The lowest BCUT2D eigenvalue weighted by Gasteiger charge is -2.47. The normalized spacial score (nSPS) is 47.9. The highest BCUT2D eigenvalue weighted by atomic mass is 16.7. The Labute approximate surface area is 229 Å². The zero-order chi connectivity index (χ0) is 28.3. The van der Waals surface area contributed by atoms with E-state index in [9.17, 15) is 30.3 Å². The monoisotopic (exact) mass is 562 g/mol. The lowest BCUT2D eigenvalue weighted by molar-refractivity contribution is -0.351. The summed E-state index contributed by atoms with van der Waals surface area (Å²) in [6, 6.07) is 0. The van der Waals surface area contributed by atoms with Crippen molar-refractivity contribution in [3.63, 3.8) is 0 Å². The first kappa shape index (κ1) is 31.2. The lowest BCUT2D eigenvalue weighted by Crippen LogP contribution is -2.63. The van der Waals surface area contributed by atoms with E-state index in [4.69, 9.17) is 28.4 Å². The molecule has 3 heterocycles. The molecule has 4 rings (SSSR count). The molecule has 14 atom stereocenters. The third kappa shape index (κ3) is 7.00. The van der Waals surface area contributed by atoms with E-state index < -0.39 is 86.3 Å². The maximum Gasteiger partial charge on any atom is 0.187 e. The molecule has 1 saturated carbocycles. The molecular weight excluding hydrogens is 516 g/mol. The van der Waals surface area contributed by atoms with Gasteiger partial charge in [-0.05, 0) is 44.9 Å². The maximum atomic E-state index is 12.6. The van der Waals surface area contributed by atoms with Crippen molar-refractivity contribution in [3.05, 3.63) is 0 Å². The van der Waals surface area contributed by atoms with Crippen LogP contribution < -0.4 is 0 Å². The zero-order valence-electron chi connectivity index (χ0n) is 23.0. The highest BCUT2D eigenvalue weighted by Gasteiger charge is 2.51. The molecule has 3 aliphatic heterocycles. The van der Waals surface area contributed by atoms with Crippen LogP contribution >= 0.6 is 0 Å². The summed E-state index contributed by atoms with van der Waals surface area (Å²) in [6.45, 7) is 5.23. The van der Waals surface area contributed by atoms with Gasteiger partial charge in [-0.3, -0.25) is 4.79 Å². The first-order valence-electron chi connectivity index (χ1n) is 14.4. The Morgan fingerprint density at radius 2 is 1.59 bits per heavy atom. The highest BCUT2D eigenvalue weighted by molar-refractivity contribution is 5.82. The summed E-state index contributed by atoms with van der Waals surface area (Å²) in [5, 5.41) is 51.8. The second-order valence-electron chi connectivity index (χ2n) is 11.3. The Balaban J connectivity index is 1.54. The van der Waals surface area contributed by atoms with Gasteiger partial charge in [-0.1, -0.05) is 20.3 Å². The number of carbonyl (C=O) groups is 1. The summed E-state index contributed by atoms with van der Waals surface area (Å²) < 4.78 is 36.6. The first-order chi connectivity index (χ1) is 18.7. The van der Waals surface area contributed by atoms with Gasteiger partial charge in [0.15, 0.2) is 18.4 Å². The molecule has 12 nitrogen and oxygen atoms in total. The van der Waals surface area contributed by atoms with Crippen molar-refractivity contribution < 1.29 is 58.7 Å². The van der Waals surface area contributed by atoms with Crippen LogP contribution in [0.2, 0.25) is 0 Å². The Hall–Kier alpha value is -0.770. The number of carbonyl (C=O) groups excluding carboxylic acids is 1. The molecule has 39 heavy (non-hydrogen) atoms. The summed E-state index contributed by atoms with van der Waals surface area (Å²) in [5.41, 5.74) is 0. The molecule has 0 bridgehead atoms. The number of ketones is 1. The van der Waals surface area contributed by atoms with E-state index in [0.717, 1.165) is 19.3 Å². The molecule has 0 amide bonds. The van der Waals surface area contributed by atoms with Crippen LogP contribution in [-0.4, -0.2) is 124 Å². The first-order valence-corrected chi connectivity index (χ1v) is 14.4. The van der Waals surface area contributed by atoms with Crippen LogP contribution in [0, 0.1) is 5.92 Å². The Kier molecular flexibility index (Phi) is 11.1. The van der Waals surface area contributed by atoms with Gasteiger partial charge < -0.3 is 54.0 Å². The van der Waals surface area contributed by atoms with Crippen molar-refractivity contribution in [1.29, 1.82) is 0 Å². The van der Waals surface area contributed by atoms with Gasteiger partial charge in [0.05, 0.1) is 24.9 Å². The fourth-order valence-corrected chi connectivity index (χ4v) is 6.01. The smallest absolute Gasteiger partial charge is 0.187 e. The van der Waals surface area contributed by atoms with Crippen molar-refractivity contribution in [1.82, 2.24) is 0 Å². The van der Waals surface area contributed by atoms with E-state index >= 15 is 0 Å². The van der Waals surface area contributed by atoms with Crippen LogP contribution in [0.1, 0.15) is 65.7 Å². The summed E-state index contributed by atoms with van der Waals surface area (Å²) in [4.78, 5) is 12.6. The molecule has 0 aromatic rings. The number of rotatable bonds is 7. The molecule has 4 fully saturated rings. The number of fused-ring (bicyclic) bond motifs is 1.